The number of hydrogen-bond donors (Lipinski definition) is 1. The number of esters is 1. The summed E-state index contributed by atoms with van der Waals surface area (Å²) < 4.78 is 4.79. The molecule has 0 aliphatic heterocycles. The van der Waals surface area contributed by atoms with Gasteiger partial charge < -0.3 is 10.5 Å². The first-order valence-corrected chi connectivity index (χ1v) is 5.56. The maximum atomic E-state index is 11.6. The monoisotopic (exact) mass is 219 g/mol. The number of fused-ring (bicyclic) bond motifs is 1. The minimum atomic E-state index is -0.226. The average Bonchev–Trinajstić information content (AvgIpc) is 2.29. The molecule has 2 atom stereocenters. The Morgan fingerprint density at radius 1 is 1.50 bits per heavy atom. The van der Waals surface area contributed by atoms with Gasteiger partial charge in [0.1, 0.15) is 0 Å². The lowest BCUT2D eigenvalue weighted by Crippen LogP contribution is -2.33. The van der Waals surface area contributed by atoms with Gasteiger partial charge in [0.2, 0.25) is 0 Å². The van der Waals surface area contributed by atoms with E-state index < -0.39 is 0 Å². The van der Waals surface area contributed by atoms with E-state index in [4.69, 9.17) is 10.5 Å². The van der Waals surface area contributed by atoms with Gasteiger partial charge in [-0.2, -0.15) is 0 Å². The van der Waals surface area contributed by atoms with Crippen molar-refractivity contribution in [2.75, 3.05) is 7.11 Å². The van der Waals surface area contributed by atoms with Gasteiger partial charge in [-0.1, -0.05) is 23.8 Å². The number of methoxy groups -OCH3 is 1. The maximum absolute atomic E-state index is 11.6. The van der Waals surface area contributed by atoms with Crippen LogP contribution in [0.3, 0.4) is 0 Å². The van der Waals surface area contributed by atoms with Crippen LogP contribution in [-0.2, 0) is 16.0 Å². The van der Waals surface area contributed by atoms with Crippen molar-refractivity contribution in [2.45, 2.75) is 25.8 Å². The predicted molar refractivity (Wildman–Crippen MR) is 61.9 cm³/mol. The third-order valence-corrected chi connectivity index (χ3v) is 3.32. The first-order valence-electron chi connectivity index (χ1n) is 5.56. The maximum Gasteiger partial charge on any atom is 0.310 e. The number of hydrogen-bond acceptors (Lipinski definition) is 3. The second-order valence-corrected chi connectivity index (χ2v) is 4.40. The molecule has 0 bridgehead atoms. The van der Waals surface area contributed by atoms with Crippen molar-refractivity contribution in [3.05, 3.63) is 34.9 Å². The van der Waals surface area contributed by atoms with Gasteiger partial charge in [0.15, 0.2) is 0 Å². The summed E-state index contributed by atoms with van der Waals surface area (Å²) in [5.74, 6) is -0.390. The Hall–Kier alpha value is -1.35. The van der Waals surface area contributed by atoms with Crippen molar-refractivity contribution in [3.8, 4) is 0 Å². The van der Waals surface area contributed by atoms with E-state index in [9.17, 15) is 4.79 Å². The van der Waals surface area contributed by atoms with Gasteiger partial charge in [-0.25, -0.2) is 0 Å². The quantitative estimate of drug-likeness (QED) is 0.732. The summed E-state index contributed by atoms with van der Waals surface area (Å²) in [5.41, 5.74) is 9.68. The fraction of sp³-hybridized carbons (Fsp3) is 0.462. The summed E-state index contributed by atoms with van der Waals surface area (Å²) in [6.07, 6.45) is 1.69. The van der Waals surface area contributed by atoms with Gasteiger partial charge in [-0.15, -0.1) is 0 Å². The van der Waals surface area contributed by atoms with E-state index in [2.05, 4.69) is 18.2 Å². The Kier molecular flexibility index (Phi) is 2.97. The van der Waals surface area contributed by atoms with Crippen LogP contribution >= 0.6 is 0 Å². The van der Waals surface area contributed by atoms with E-state index in [1.807, 2.05) is 6.92 Å². The van der Waals surface area contributed by atoms with Gasteiger partial charge >= 0.3 is 5.97 Å². The second-order valence-electron chi connectivity index (χ2n) is 4.40. The number of rotatable bonds is 1. The Bertz CT molecular complexity index is 414. The van der Waals surface area contributed by atoms with Crippen LogP contribution in [0.25, 0.3) is 0 Å². The molecule has 0 saturated carbocycles. The fourth-order valence-corrected chi connectivity index (χ4v) is 2.38. The van der Waals surface area contributed by atoms with Gasteiger partial charge in [0.25, 0.3) is 0 Å². The van der Waals surface area contributed by atoms with E-state index in [0.717, 1.165) is 18.4 Å². The van der Waals surface area contributed by atoms with Crippen LogP contribution in [0.1, 0.15) is 29.2 Å². The Morgan fingerprint density at radius 3 is 2.94 bits per heavy atom. The summed E-state index contributed by atoms with van der Waals surface area (Å²) in [6.45, 7) is 2.04. The molecular weight excluding hydrogens is 202 g/mol. The first kappa shape index (κ1) is 11.1. The van der Waals surface area contributed by atoms with Crippen LogP contribution in [0.15, 0.2) is 18.2 Å². The highest BCUT2D eigenvalue weighted by Gasteiger charge is 2.32. The Balaban J connectivity index is 2.34. The van der Waals surface area contributed by atoms with Crippen molar-refractivity contribution in [1.82, 2.24) is 0 Å². The number of carbonyl (C=O) groups excluding carboxylic acids is 1. The largest absolute Gasteiger partial charge is 0.469 e. The zero-order valence-corrected chi connectivity index (χ0v) is 9.69. The van der Waals surface area contributed by atoms with Crippen LogP contribution in [0.2, 0.25) is 0 Å². The van der Waals surface area contributed by atoms with Gasteiger partial charge in [-0.05, 0) is 30.9 Å². The molecule has 0 heterocycles. The van der Waals surface area contributed by atoms with E-state index in [1.54, 1.807) is 0 Å². The number of nitrogens with two attached hydrogens (primary N) is 1. The first-order chi connectivity index (χ1) is 7.63. The van der Waals surface area contributed by atoms with Crippen LogP contribution in [-0.4, -0.2) is 13.1 Å². The molecular formula is C13H17NO2. The lowest BCUT2D eigenvalue weighted by Gasteiger charge is -2.29. The van der Waals surface area contributed by atoms with Crippen LogP contribution in [0.5, 0.6) is 0 Å². The highest BCUT2D eigenvalue weighted by atomic mass is 16.5. The van der Waals surface area contributed by atoms with Crippen LogP contribution < -0.4 is 5.73 Å². The Labute approximate surface area is 95.6 Å². The average molecular weight is 219 g/mol. The number of carbonyl (C=O) groups is 1. The van der Waals surface area contributed by atoms with Gasteiger partial charge in [0.05, 0.1) is 13.0 Å². The van der Waals surface area contributed by atoms with Crippen molar-refractivity contribution >= 4 is 5.97 Å². The molecule has 1 aliphatic carbocycles. The molecule has 2 rings (SSSR count). The summed E-state index contributed by atoms with van der Waals surface area (Å²) in [6, 6.07) is 6.05. The lowest BCUT2D eigenvalue weighted by atomic mass is 9.79. The molecule has 2 unspecified atom stereocenters. The third kappa shape index (κ3) is 1.83. The molecule has 1 aliphatic rings. The smallest absolute Gasteiger partial charge is 0.310 e. The molecule has 0 aromatic heterocycles. The number of aryl methyl sites for hydroxylation is 2. The molecule has 0 spiro atoms. The molecule has 0 saturated heterocycles. The zero-order valence-electron chi connectivity index (χ0n) is 9.69. The molecule has 16 heavy (non-hydrogen) atoms. The summed E-state index contributed by atoms with van der Waals surface area (Å²) in [5, 5.41) is 0. The van der Waals surface area contributed by atoms with Crippen LogP contribution in [0.4, 0.5) is 0 Å². The van der Waals surface area contributed by atoms with Crippen molar-refractivity contribution in [2.24, 2.45) is 11.7 Å². The minimum absolute atomic E-state index is 0.195. The van der Waals surface area contributed by atoms with E-state index in [0.29, 0.717) is 0 Å². The predicted octanol–water partition coefficient (Wildman–Crippen LogP) is 1.73. The van der Waals surface area contributed by atoms with Crippen LogP contribution in [0, 0.1) is 12.8 Å². The normalized spacial score (nSPS) is 23.7. The van der Waals surface area contributed by atoms with Crippen molar-refractivity contribution < 1.29 is 9.53 Å². The zero-order chi connectivity index (χ0) is 11.7. The minimum Gasteiger partial charge on any atom is -0.469 e. The standard InChI is InChI=1S/C13H17NO2/c1-8-3-4-9-5-6-10(13(15)16-2)12(14)11(9)7-8/h3-4,7,10,12H,5-6,14H2,1-2H3. The molecule has 3 nitrogen and oxygen atoms in total. The highest BCUT2D eigenvalue weighted by molar-refractivity contribution is 5.74. The summed E-state index contributed by atoms with van der Waals surface area (Å²) in [4.78, 5) is 11.6. The summed E-state index contributed by atoms with van der Waals surface area (Å²) in [7, 11) is 1.42. The third-order valence-electron chi connectivity index (χ3n) is 3.32. The molecule has 3 heteroatoms. The van der Waals surface area contributed by atoms with E-state index in [-0.39, 0.29) is 17.9 Å². The molecule has 0 radical (unpaired) electrons. The topological polar surface area (TPSA) is 52.3 Å². The van der Waals surface area contributed by atoms with E-state index >= 15 is 0 Å². The van der Waals surface area contributed by atoms with Gasteiger partial charge in [-0.3, -0.25) is 4.79 Å². The summed E-state index contributed by atoms with van der Waals surface area (Å²) >= 11 is 0. The SMILES string of the molecule is COC(=O)C1CCc2ccc(C)cc2C1N. The number of benzene rings is 1. The number of ether oxygens (including phenoxy) is 1. The van der Waals surface area contributed by atoms with E-state index in [1.165, 1.54) is 18.2 Å². The second kappa shape index (κ2) is 4.26. The fourth-order valence-electron chi connectivity index (χ4n) is 2.38. The Morgan fingerprint density at radius 2 is 2.25 bits per heavy atom. The molecule has 86 valence electrons. The van der Waals surface area contributed by atoms with Crippen molar-refractivity contribution in [1.29, 1.82) is 0 Å². The molecule has 0 fully saturated rings. The molecule has 2 N–H and O–H groups in total. The highest BCUT2D eigenvalue weighted by Crippen LogP contribution is 2.33. The van der Waals surface area contributed by atoms with Crippen molar-refractivity contribution in [3.63, 3.8) is 0 Å². The molecule has 0 amide bonds. The van der Waals surface area contributed by atoms with Gasteiger partial charge in [0, 0.05) is 6.04 Å². The molecule has 1 aromatic rings. The molecule has 1 aromatic carbocycles. The lowest BCUT2D eigenvalue weighted by molar-refractivity contribution is -0.146.